The van der Waals surface area contributed by atoms with Gasteiger partial charge in [-0.25, -0.2) is 0 Å². The van der Waals surface area contributed by atoms with E-state index >= 15 is 0 Å². The Labute approximate surface area is 142 Å². The molecule has 1 saturated heterocycles. The van der Waals surface area contributed by atoms with Crippen LogP contribution in [0.2, 0.25) is 0 Å². The minimum Gasteiger partial charge on any atom is -0.375 e. The Morgan fingerprint density at radius 2 is 2.04 bits per heavy atom. The Bertz CT molecular complexity index is 703. The molecule has 1 unspecified atom stereocenters. The lowest BCUT2D eigenvalue weighted by atomic mass is 9.99. The van der Waals surface area contributed by atoms with Gasteiger partial charge in [0, 0.05) is 31.4 Å². The molecule has 0 aromatic heterocycles. The van der Waals surface area contributed by atoms with Crippen LogP contribution >= 0.6 is 0 Å². The van der Waals surface area contributed by atoms with Gasteiger partial charge in [0.25, 0.3) is 5.69 Å². The van der Waals surface area contributed by atoms with Crippen molar-refractivity contribution in [1.29, 1.82) is 0 Å². The third-order valence-electron chi connectivity index (χ3n) is 4.52. The molecular weight excluding hydrogens is 302 g/mol. The van der Waals surface area contributed by atoms with Gasteiger partial charge < -0.3 is 10.2 Å². The number of nitrogens with one attached hydrogen (secondary N) is 1. The van der Waals surface area contributed by atoms with Crippen molar-refractivity contribution >= 4 is 17.1 Å². The van der Waals surface area contributed by atoms with E-state index < -0.39 is 0 Å². The lowest BCUT2D eigenvalue weighted by molar-refractivity contribution is -0.384. The molecule has 2 aromatic rings. The summed E-state index contributed by atoms with van der Waals surface area (Å²) in [6, 6.07) is 15.3. The van der Waals surface area contributed by atoms with E-state index in [1.807, 2.05) is 42.5 Å². The van der Waals surface area contributed by atoms with Crippen molar-refractivity contribution in [3.63, 3.8) is 0 Å². The average molecular weight is 325 g/mol. The van der Waals surface area contributed by atoms with Crippen LogP contribution in [-0.4, -0.2) is 18.0 Å². The van der Waals surface area contributed by atoms with Gasteiger partial charge in [0.1, 0.15) is 5.69 Å². The molecule has 1 N–H and O–H groups in total. The molecule has 5 heteroatoms. The molecule has 1 aliphatic rings. The summed E-state index contributed by atoms with van der Waals surface area (Å²) < 4.78 is 0. The van der Waals surface area contributed by atoms with Gasteiger partial charge in [0.15, 0.2) is 0 Å². The summed E-state index contributed by atoms with van der Waals surface area (Å²) in [5.41, 5.74) is 2.87. The van der Waals surface area contributed by atoms with Crippen molar-refractivity contribution in [2.45, 2.75) is 26.3 Å². The number of rotatable bonds is 5. The van der Waals surface area contributed by atoms with Gasteiger partial charge in [-0.15, -0.1) is 0 Å². The Morgan fingerprint density at radius 1 is 1.25 bits per heavy atom. The quantitative estimate of drug-likeness (QED) is 0.652. The van der Waals surface area contributed by atoms with Gasteiger partial charge in [0.05, 0.1) is 4.92 Å². The third kappa shape index (κ3) is 3.85. The van der Waals surface area contributed by atoms with E-state index in [0.717, 1.165) is 24.3 Å². The zero-order valence-electron chi connectivity index (χ0n) is 13.9. The maximum atomic E-state index is 11.3. The first-order valence-corrected chi connectivity index (χ1v) is 8.44. The van der Waals surface area contributed by atoms with Crippen LogP contribution in [-0.2, 0) is 6.54 Å². The van der Waals surface area contributed by atoms with Crippen LogP contribution < -0.4 is 10.2 Å². The van der Waals surface area contributed by atoms with Crippen molar-refractivity contribution in [2.75, 3.05) is 23.3 Å². The second-order valence-corrected chi connectivity index (χ2v) is 6.49. The molecule has 1 atom stereocenters. The van der Waals surface area contributed by atoms with Gasteiger partial charge >= 0.3 is 0 Å². The van der Waals surface area contributed by atoms with E-state index in [2.05, 4.69) is 17.1 Å². The standard InChI is InChI=1S/C19H23N3O2/c1-15-6-5-11-21(14-15)17-9-10-19(22(23)24)18(12-17)20-13-16-7-3-2-4-8-16/h2-4,7-10,12,15,20H,5-6,11,13-14H2,1H3. The van der Waals surface area contributed by atoms with Crippen molar-refractivity contribution in [3.8, 4) is 0 Å². The SMILES string of the molecule is CC1CCCN(c2ccc([N+](=O)[O-])c(NCc3ccccc3)c2)C1. The first-order valence-electron chi connectivity index (χ1n) is 8.44. The summed E-state index contributed by atoms with van der Waals surface area (Å²) in [5.74, 6) is 0.662. The van der Waals surface area contributed by atoms with Crippen LogP contribution in [0.4, 0.5) is 17.1 Å². The molecule has 0 aliphatic carbocycles. The van der Waals surface area contributed by atoms with Gasteiger partial charge in [-0.2, -0.15) is 0 Å². The first-order chi connectivity index (χ1) is 11.6. The summed E-state index contributed by atoms with van der Waals surface area (Å²) in [5, 5.41) is 14.6. The highest BCUT2D eigenvalue weighted by atomic mass is 16.6. The minimum absolute atomic E-state index is 0.125. The fourth-order valence-corrected chi connectivity index (χ4v) is 3.24. The lowest BCUT2D eigenvalue weighted by Crippen LogP contribution is -2.34. The van der Waals surface area contributed by atoms with Gasteiger partial charge in [-0.3, -0.25) is 10.1 Å². The summed E-state index contributed by atoms with van der Waals surface area (Å²) in [7, 11) is 0. The molecule has 2 aromatic carbocycles. The second kappa shape index (κ2) is 7.34. The van der Waals surface area contributed by atoms with Crippen molar-refractivity contribution in [1.82, 2.24) is 0 Å². The molecule has 24 heavy (non-hydrogen) atoms. The summed E-state index contributed by atoms with van der Waals surface area (Å²) >= 11 is 0. The van der Waals surface area contributed by atoms with Crippen molar-refractivity contribution in [2.24, 2.45) is 5.92 Å². The Kier molecular flexibility index (Phi) is 4.99. The lowest BCUT2D eigenvalue weighted by Gasteiger charge is -2.33. The number of hydrogen-bond donors (Lipinski definition) is 1. The topological polar surface area (TPSA) is 58.4 Å². The molecule has 0 saturated carbocycles. The number of piperidine rings is 1. The summed E-state index contributed by atoms with van der Waals surface area (Å²) in [6.45, 7) is 4.85. The monoisotopic (exact) mass is 325 g/mol. The molecule has 0 radical (unpaired) electrons. The first kappa shape index (κ1) is 16.3. The van der Waals surface area contributed by atoms with Crippen LogP contribution in [0, 0.1) is 16.0 Å². The van der Waals surface area contributed by atoms with E-state index in [1.165, 1.54) is 12.8 Å². The molecule has 0 amide bonds. The van der Waals surface area contributed by atoms with E-state index in [-0.39, 0.29) is 10.6 Å². The highest BCUT2D eigenvalue weighted by Gasteiger charge is 2.20. The van der Waals surface area contributed by atoms with Crippen LogP contribution in [0.25, 0.3) is 0 Å². The summed E-state index contributed by atoms with van der Waals surface area (Å²) in [6.07, 6.45) is 2.42. The number of hydrogen-bond acceptors (Lipinski definition) is 4. The predicted octanol–water partition coefficient (Wildman–Crippen LogP) is 4.44. The molecule has 5 nitrogen and oxygen atoms in total. The fourth-order valence-electron chi connectivity index (χ4n) is 3.24. The van der Waals surface area contributed by atoms with Crippen LogP contribution in [0.15, 0.2) is 48.5 Å². The number of nitro groups is 1. The van der Waals surface area contributed by atoms with E-state index in [0.29, 0.717) is 18.2 Å². The number of nitro benzene ring substituents is 1. The molecule has 126 valence electrons. The molecular formula is C19H23N3O2. The highest BCUT2D eigenvalue weighted by molar-refractivity contribution is 5.69. The van der Waals surface area contributed by atoms with E-state index in [1.54, 1.807) is 6.07 Å². The number of benzene rings is 2. The average Bonchev–Trinajstić information content (AvgIpc) is 2.60. The molecule has 1 aliphatic heterocycles. The Morgan fingerprint density at radius 3 is 2.75 bits per heavy atom. The van der Waals surface area contributed by atoms with Gasteiger partial charge in [-0.05, 0) is 36.5 Å². The maximum Gasteiger partial charge on any atom is 0.292 e. The number of nitrogens with zero attached hydrogens (tertiary/aromatic N) is 2. The second-order valence-electron chi connectivity index (χ2n) is 6.49. The fraction of sp³-hybridized carbons (Fsp3) is 0.368. The Hall–Kier alpha value is -2.56. The zero-order valence-corrected chi connectivity index (χ0v) is 13.9. The molecule has 3 rings (SSSR count). The van der Waals surface area contributed by atoms with Crippen molar-refractivity contribution in [3.05, 3.63) is 64.2 Å². The number of anilines is 2. The largest absolute Gasteiger partial charge is 0.375 e. The minimum atomic E-state index is -0.323. The van der Waals surface area contributed by atoms with Crippen molar-refractivity contribution < 1.29 is 4.92 Å². The molecule has 1 heterocycles. The zero-order chi connectivity index (χ0) is 16.9. The van der Waals surface area contributed by atoms with Crippen LogP contribution in [0.1, 0.15) is 25.3 Å². The van der Waals surface area contributed by atoms with Crippen LogP contribution in [0.5, 0.6) is 0 Å². The highest BCUT2D eigenvalue weighted by Crippen LogP contribution is 2.32. The van der Waals surface area contributed by atoms with E-state index in [9.17, 15) is 10.1 Å². The predicted molar refractivity (Wildman–Crippen MR) is 97.5 cm³/mol. The molecule has 0 bridgehead atoms. The molecule has 1 fully saturated rings. The maximum absolute atomic E-state index is 11.3. The van der Waals surface area contributed by atoms with Gasteiger partial charge in [0.2, 0.25) is 0 Å². The molecule has 0 spiro atoms. The van der Waals surface area contributed by atoms with Crippen LogP contribution in [0.3, 0.4) is 0 Å². The van der Waals surface area contributed by atoms with E-state index in [4.69, 9.17) is 0 Å². The summed E-state index contributed by atoms with van der Waals surface area (Å²) in [4.78, 5) is 13.3. The normalized spacial score (nSPS) is 17.5. The third-order valence-corrected chi connectivity index (χ3v) is 4.52. The Balaban J connectivity index is 1.81. The smallest absolute Gasteiger partial charge is 0.292 e. The van der Waals surface area contributed by atoms with Gasteiger partial charge in [-0.1, -0.05) is 37.3 Å².